The highest BCUT2D eigenvalue weighted by Crippen LogP contribution is 2.63. The fraction of sp³-hybridized carbons (Fsp3) is 0.241. The summed E-state index contributed by atoms with van der Waals surface area (Å²) in [4.78, 5) is 34.3. The Morgan fingerprint density at radius 2 is 1.71 bits per heavy atom. The number of nitrogens with zero attached hydrogens (tertiary/aromatic N) is 2. The summed E-state index contributed by atoms with van der Waals surface area (Å²) < 4.78 is 0. The highest BCUT2D eigenvalue weighted by molar-refractivity contribution is 5.96. The molecule has 3 aromatic carbocycles. The van der Waals surface area contributed by atoms with Gasteiger partial charge in [-0.2, -0.15) is 0 Å². The lowest BCUT2D eigenvalue weighted by atomic mass is 9.86. The van der Waals surface area contributed by atoms with E-state index >= 15 is 0 Å². The van der Waals surface area contributed by atoms with Crippen LogP contribution in [0.4, 0.5) is 5.69 Å². The molecule has 1 heterocycles. The Morgan fingerprint density at radius 3 is 2.46 bits per heavy atom. The molecule has 176 valence electrons. The van der Waals surface area contributed by atoms with Gasteiger partial charge in [0, 0.05) is 24.0 Å². The third kappa shape index (κ3) is 4.64. The van der Waals surface area contributed by atoms with Gasteiger partial charge in [0.1, 0.15) is 5.69 Å². The summed E-state index contributed by atoms with van der Waals surface area (Å²) in [7, 11) is 0. The normalized spacial score (nSPS) is 20.6. The maximum absolute atomic E-state index is 13.2. The lowest BCUT2D eigenvalue weighted by Gasteiger charge is -2.28. The summed E-state index contributed by atoms with van der Waals surface area (Å²) >= 11 is 0. The summed E-state index contributed by atoms with van der Waals surface area (Å²) in [6.07, 6.45) is 5.34. The number of amides is 2. The quantitative estimate of drug-likeness (QED) is 0.383. The fourth-order valence-corrected chi connectivity index (χ4v) is 5.10. The van der Waals surface area contributed by atoms with Gasteiger partial charge < -0.3 is 10.6 Å². The zero-order chi connectivity index (χ0) is 24.4. The standard InChI is InChI=1S/C29H28N4O2/c1-19(27(34)32-23-13-12-20-8-6-7-11-22(20)16-23)24-17-29(24,2)26(21-9-4-3-5-10-21)33-28(35)25-18-30-14-15-31-25/h3-16,18-19,24,26H,17H2,1-2H3,(H,32,34)(H,33,35)/t19?,24?,26?,29-/m1/s1. The maximum Gasteiger partial charge on any atom is 0.271 e. The molecule has 2 amide bonds. The van der Waals surface area contributed by atoms with Crippen molar-refractivity contribution in [1.29, 1.82) is 0 Å². The molecular weight excluding hydrogens is 436 g/mol. The van der Waals surface area contributed by atoms with Crippen LogP contribution in [0.5, 0.6) is 0 Å². The Balaban J connectivity index is 1.33. The van der Waals surface area contributed by atoms with Crippen LogP contribution < -0.4 is 10.6 Å². The van der Waals surface area contributed by atoms with E-state index in [1.807, 2.05) is 73.7 Å². The topological polar surface area (TPSA) is 84.0 Å². The van der Waals surface area contributed by atoms with E-state index < -0.39 is 0 Å². The molecule has 0 aliphatic heterocycles. The van der Waals surface area contributed by atoms with Gasteiger partial charge in [0.2, 0.25) is 5.91 Å². The predicted molar refractivity (Wildman–Crippen MR) is 137 cm³/mol. The monoisotopic (exact) mass is 464 g/mol. The number of hydrogen-bond donors (Lipinski definition) is 2. The molecule has 4 aromatic rings. The van der Waals surface area contributed by atoms with Crippen LogP contribution in [0.1, 0.15) is 42.4 Å². The van der Waals surface area contributed by atoms with Crippen LogP contribution in [0.3, 0.4) is 0 Å². The minimum Gasteiger partial charge on any atom is -0.343 e. The summed E-state index contributed by atoms with van der Waals surface area (Å²) in [6, 6.07) is 23.7. The molecule has 1 fully saturated rings. The van der Waals surface area contributed by atoms with Crippen LogP contribution in [0, 0.1) is 17.3 Å². The molecule has 1 aliphatic carbocycles. The zero-order valence-corrected chi connectivity index (χ0v) is 19.8. The van der Waals surface area contributed by atoms with Gasteiger partial charge in [-0.05, 0) is 46.2 Å². The lowest BCUT2D eigenvalue weighted by Crippen LogP contribution is -2.36. The van der Waals surface area contributed by atoms with Crippen molar-refractivity contribution in [3.63, 3.8) is 0 Å². The second-order valence-corrected chi connectivity index (χ2v) is 9.56. The smallest absolute Gasteiger partial charge is 0.271 e. The fourth-order valence-electron chi connectivity index (χ4n) is 5.10. The Kier molecular flexibility index (Phi) is 6.03. The first-order valence-electron chi connectivity index (χ1n) is 11.9. The van der Waals surface area contributed by atoms with Crippen molar-refractivity contribution in [2.45, 2.75) is 26.3 Å². The molecule has 1 aliphatic rings. The second kappa shape index (κ2) is 9.29. The Morgan fingerprint density at radius 1 is 0.971 bits per heavy atom. The van der Waals surface area contributed by atoms with Gasteiger partial charge in [0.25, 0.3) is 5.91 Å². The Labute approximate surface area is 204 Å². The number of carbonyl (C=O) groups excluding carboxylic acids is 2. The van der Waals surface area contributed by atoms with Crippen LogP contribution in [0.25, 0.3) is 10.8 Å². The molecule has 2 N–H and O–H groups in total. The average molecular weight is 465 g/mol. The average Bonchev–Trinajstić information content (AvgIpc) is 3.59. The van der Waals surface area contributed by atoms with Crippen molar-refractivity contribution in [1.82, 2.24) is 15.3 Å². The zero-order valence-electron chi connectivity index (χ0n) is 19.8. The first-order valence-corrected chi connectivity index (χ1v) is 11.9. The summed E-state index contributed by atoms with van der Waals surface area (Å²) in [5.41, 5.74) is 1.81. The molecule has 0 bridgehead atoms. The first kappa shape index (κ1) is 22.7. The molecular formula is C29H28N4O2. The molecule has 3 unspecified atom stereocenters. The van der Waals surface area contributed by atoms with Crippen LogP contribution >= 0.6 is 0 Å². The van der Waals surface area contributed by atoms with Crippen molar-refractivity contribution >= 4 is 28.3 Å². The maximum atomic E-state index is 13.2. The highest BCUT2D eigenvalue weighted by atomic mass is 16.2. The second-order valence-electron chi connectivity index (χ2n) is 9.56. The number of carbonyl (C=O) groups is 2. The number of fused-ring (bicyclic) bond motifs is 1. The van der Waals surface area contributed by atoms with Gasteiger partial charge in [-0.15, -0.1) is 0 Å². The Hall–Kier alpha value is -4.06. The molecule has 0 spiro atoms. The van der Waals surface area contributed by atoms with Gasteiger partial charge in [-0.3, -0.25) is 14.6 Å². The van der Waals surface area contributed by atoms with Gasteiger partial charge >= 0.3 is 0 Å². The van der Waals surface area contributed by atoms with E-state index in [1.165, 1.54) is 12.4 Å². The molecule has 0 saturated heterocycles. The SMILES string of the molecule is CC(C(=O)Nc1ccc2ccccc2c1)C1C[C@@]1(C)C(NC(=O)c1cnccn1)c1ccccc1. The van der Waals surface area contributed by atoms with Crippen molar-refractivity contribution in [3.8, 4) is 0 Å². The number of hydrogen-bond acceptors (Lipinski definition) is 4. The summed E-state index contributed by atoms with van der Waals surface area (Å²) in [5, 5.41) is 8.49. The number of anilines is 1. The molecule has 1 saturated carbocycles. The first-order chi connectivity index (χ1) is 17.0. The van der Waals surface area contributed by atoms with Gasteiger partial charge in [-0.1, -0.05) is 74.5 Å². The van der Waals surface area contributed by atoms with Crippen molar-refractivity contribution in [2.24, 2.45) is 17.3 Å². The minimum absolute atomic E-state index is 0.0129. The van der Waals surface area contributed by atoms with Gasteiger partial charge in [0.05, 0.1) is 12.2 Å². The van der Waals surface area contributed by atoms with Crippen LogP contribution in [-0.4, -0.2) is 21.8 Å². The summed E-state index contributed by atoms with van der Waals surface area (Å²) in [5.74, 6) is -0.380. The largest absolute Gasteiger partial charge is 0.343 e. The van der Waals surface area contributed by atoms with Gasteiger partial charge in [-0.25, -0.2) is 4.98 Å². The van der Waals surface area contributed by atoms with E-state index in [1.54, 1.807) is 6.20 Å². The van der Waals surface area contributed by atoms with Crippen LogP contribution in [0.2, 0.25) is 0 Å². The molecule has 35 heavy (non-hydrogen) atoms. The number of aromatic nitrogens is 2. The van der Waals surface area contributed by atoms with E-state index in [2.05, 4.69) is 33.6 Å². The number of nitrogens with one attached hydrogen (secondary N) is 2. The van der Waals surface area contributed by atoms with E-state index in [9.17, 15) is 9.59 Å². The van der Waals surface area contributed by atoms with Crippen molar-refractivity contribution in [3.05, 3.63) is 103 Å². The lowest BCUT2D eigenvalue weighted by molar-refractivity contribution is -0.120. The minimum atomic E-state index is -0.271. The number of rotatable bonds is 7. The van der Waals surface area contributed by atoms with E-state index in [4.69, 9.17) is 0 Å². The summed E-state index contributed by atoms with van der Waals surface area (Å²) in [6.45, 7) is 4.12. The molecule has 4 atom stereocenters. The van der Waals surface area contributed by atoms with Crippen LogP contribution in [-0.2, 0) is 4.79 Å². The molecule has 6 heteroatoms. The van der Waals surface area contributed by atoms with Crippen molar-refractivity contribution in [2.75, 3.05) is 5.32 Å². The molecule has 0 radical (unpaired) electrons. The van der Waals surface area contributed by atoms with E-state index in [0.717, 1.165) is 28.4 Å². The number of benzene rings is 3. The molecule has 6 nitrogen and oxygen atoms in total. The van der Waals surface area contributed by atoms with Gasteiger partial charge in [0.15, 0.2) is 0 Å². The molecule has 5 rings (SSSR count). The van der Waals surface area contributed by atoms with Crippen LogP contribution in [0.15, 0.2) is 91.4 Å². The third-order valence-electron chi connectivity index (χ3n) is 7.24. The van der Waals surface area contributed by atoms with E-state index in [0.29, 0.717) is 0 Å². The predicted octanol–water partition coefficient (Wildman–Crippen LogP) is 5.40. The third-order valence-corrected chi connectivity index (χ3v) is 7.24. The highest BCUT2D eigenvalue weighted by Gasteiger charge is 2.59. The molecule has 1 aromatic heterocycles. The van der Waals surface area contributed by atoms with E-state index in [-0.39, 0.29) is 40.8 Å². The Bertz CT molecular complexity index is 1360. The van der Waals surface area contributed by atoms with Crippen molar-refractivity contribution < 1.29 is 9.59 Å².